The molecule has 0 bridgehead atoms. The number of Topliss-reactive ketones (excluding diaryl/α,β-unsaturated/α-hetero) is 1. The first-order chi connectivity index (χ1) is 7.98. The van der Waals surface area contributed by atoms with Crippen molar-refractivity contribution in [3.8, 4) is 5.75 Å². The second-order valence-electron chi connectivity index (χ2n) is 3.91. The molecule has 0 unspecified atom stereocenters. The quantitative estimate of drug-likeness (QED) is 0.804. The molecule has 94 valence electrons. The summed E-state index contributed by atoms with van der Waals surface area (Å²) in [7, 11) is 1.40. The number of ketones is 1. The molecule has 3 nitrogen and oxygen atoms in total. The molecule has 0 aliphatic rings. The predicted octanol–water partition coefficient (Wildman–Crippen LogP) is 2.57. The topological polar surface area (TPSA) is 46.5 Å². The highest BCUT2D eigenvalue weighted by atomic mass is 19.1. The van der Waals surface area contributed by atoms with Crippen molar-refractivity contribution in [1.29, 1.82) is 0 Å². The third-order valence-corrected chi connectivity index (χ3v) is 3.00. The van der Waals surface area contributed by atoms with Crippen LogP contribution in [0.4, 0.5) is 4.39 Å². The summed E-state index contributed by atoms with van der Waals surface area (Å²) in [5.74, 6) is -0.751. The summed E-state index contributed by atoms with van der Waals surface area (Å²) in [5.41, 5.74) is -1.38. The molecule has 0 saturated carbocycles. The zero-order valence-corrected chi connectivity index (χ0v) is 10.3. The maximum Gasteiger partial charge on any atom is 0.198 e. The number of benzene rings is 1. The van der Waals surface area contributed by atoms with Gasteiger partial charge < -0.3 is 9.84 Å². The standard InChI is InChI=1S/C13H17FO3/c1-4-13(16,5-2)12(15)10-8-9(14)6-7-11(10)17-3/h6-8,16H,4-5H2,1-3H3. The molecule has 0 aromatic heterocycles. The second-order valence-corrected chi connectivity index (χ2v) is 3.91. The summed E-state index contributed by atoms with van der Waals surface area (Å²) in [6.45, 7) is 3.43. The van der Waals surface area contributed by atoms with Crippen LogP contribution in [0.15, 0.2) is 18.2 Å². The molecule has 1 aromatic rings. The summed E-state index contributed by atoms with van der Waals surface area (Å²) >= 11 is 0. The number of carbonyl (C=O) groups is 1. The summed E-state index contributed by atoms with van der Waals surface area (Å²) in [4.78, 5) is 12.2. The smallest absolute Gasteiger partial charge is 0.198 e. The third kappa shape index (κ3) is 2.64. The average Bonchev–Trinajstić information content (AvgIpc) is 2.36. The Bertz CT molecular complexity index is 411. The van der Waals surface area contributed by atoms with E-state index in [2.05, 4.69) is 0 Å². The maximum atomic E-state index is 13.2. The van der Waals surface area contributed by atoms with Crippen LogP contribution in [-0.4, -0.2) is 23.6 Å². The zero-order chi connectivity index (χ0) is 13.1. The Morgan fingerprint density at radius 3 is 2.47 bits per heavy atom. The number of aliphatic hydroxyl groups is 1. The molecule has 0 amide bonds. The van der Waals surface area contributed by atoms with Gasteiger partial charge in [-0.25, -0.2) is 4.39 Å². The van der Waals surface area contributed by atoms with Gasteiger partial charge in [0.15, 0.2) is 5.78 Å². The molecule has 1 N–H and O–H groups in total. The van der Waals surface area contributed by atoms with E-state index in [9.17, 15) is 14.3 Å². The minimum absolute atomic E-state index is 0.0821. The summed E-state index contributed by atoms with van der Waals surface area (Å²) in [6.07, 6.45) is 0.560. The normalized spacial score (nSPS) is 11.4. The first-order valence-electron chi connectivity index (χ1n) is 5.59. The largest absolute Gasteiger partial charge is 0.496 e. The number of ether oxygens (including phenoxy) is 1. The van der Waals surface area contributed by atoms with E-state index in [0.717, 1.165) is 6.07 Å². The van der Waals surface area contributed by atoms with Gasteiger partial charge in [0.2, 0.25) is 0 Å². The van der Waals surface area contributed by atoms with Crippen molar-refractivity contribution in [2.45, 2.75) is 32.3 Å². The Labute approximate surface area is 100 Å². The lowest BCUT2D eigenvalue weighted by molar-refractivity contribution is 0.0274. The van der Waals surface area contributed by atoms with Crippen molar-refractivity contribution < 1.29 is 19.0 Å². The monoisotopic (exact) mass is 240 g/mol. The van der Waals surface area contributed by atoms with Gasteiger partial charge in [0.05, 0.1) is 12.7 Å². The van der Waals surface area contributed by atoms with E-state index in [1.165, 1.54) is 19.2 Å². The predicted molar refractivity (Wildman–Crippen MR) is 62.8 cm³/mol. The van der Waals surface area contributed by atoms with Crippen LogP contribution in [-0.2, 0) is 0 Å². The Balaban J connectivity index is 3.23. The van der Waals surface area contributed by atoms with Gasteiger partial charge in [-0.3, -0.25) is 4.79 Å². The summed E-state index contributed by atoms with van der Waals surface area (Å²) < 4.78 is 18.2. The molecule has 17 heavy (non-hydrogen) atoms. The summed E-state index contributed by atoms with van der Waals surface area (Å²) in [5, 5.41) is 10.1. The first kappa shape index (κ1) is 13.6. The molecular weight excluding hydrogens is 223 g/mol. The molecule has 0 radical (unpaired) electrons. The van der Waals surface area contributed by atoms with Crippen LogP contribution in [0, 0.1) is 5.82 Å². The number of methoxy groups -OCH3 is 1. The van der Waals surface area contributed by atoms with Gasteiger partial charge in [0, 0.05) is 0 Å². The number of hydrogen-bond acceptors (Lipinski definition) is 3. The fraction of sp³-hybridized carbons (Fsp3) is 0.462. The van der Waals surface area contributed by atoms with Gasteiger partial charge in [0.25, 0.3) is 0 Å². The molecule has 0 aliphatic carbocycles. The van der Waals surface area contributed by atoms with Crippen LogP contribution in [0.2, 0.25) is 0 Å². The molecular formula is C13H17FO3. The Hall–Kier alpha value is -1.42. The molecule has 4 heteroatoms. The average molecular weight is 240 g/mol. The van der Waals surface area contributed by atoms with Crippen LogP contribution in [0.5, 0.6) is 5.75 Å². The van der Waals surface area contributed by atoms with Crippen LogP contribution in [0.3, 0.4) is 0 Å². The van der Waals surface area contributed by atoms with E-state index in [-0.39, 0.29) is 24.2 Å². The number of carbonyl (C=O) groups excluding carboxylic acids is 1. The van der Waals surface area contributed by atoms with E-state index >= 15 is 0 Å². The van der Waals surface area contributed by atoms with Gasteiger partial charge in [-0.1, -0.05) is 13.8 Å². The maximum absolute atomic E-state index is 13.2. The van der Waals surface area contributed by atoms with Gasteiger partial charge in [-0.05, 0) is 31.0 Å². The van der Waals surface area contributed by atoms with Crippen molar-refractivity contribution in [3.63, 3.8) is 0 Å². The molecule has 0 aliphatic heterocycles. The van der Waals surface area contributed by atoms with Crippen LogP contribution in [0.1, 0.15) is 37.0 Å². The molecule has 1 aromatic carbocycles. The van der Waals surface area contributed by atoms with Crippen molar-refractivity contribution in [3.05, 3.63) is 29.6 Å². The van der Waals surface area contributed by atoms with E-state index in [4.69, 9.17) is 4.74 Å². The minimum atomic E-state index is -1.46. The Morgan fingerprint density at radius 2 is 2.00 bits per heavy atom. The van der Waals surface area contributed by atoms with Gasteiger partial charge in [-0.2, -0.15) is 0 Å². The number of halogens is 1. The van der Waals surface area contributed by atoms with Crippen LogP contribution >= 0.6 is 0 Å². The van der Waals surface area contributed by atoms with E-state index < -0.39 is 17.2 Å². The van der Waals surface area contributed by atoms with Gasteiger partial charge >= 0.3 is 0 Å². The summed E-state index contributed by atoms with van der Waals surface area (Å²) in [6, 6.07) is 3.69. The molecule has 0 fully saturated rings. The van der Waals surface area contributed by atoms with Crippen LogP contribution in [0.25, 0.3) is 0 Å². The SMILES string of the molecule is CCC(O)(CC)C(=O)c1cc(F)ccc1OC. The number of rotatable bonds is 5. The van der Waals surface area contributed by atoms with Crippen molar-refractivity contribution >= 4 is 5.78 Å². The van der Waals surface area contributed by atoms with Crippen LogP contribution < -0.4 is 4.74 Å². The van der Waals surface area contributed by atoms with E-state index in [1.807, 2.05) is 0 Å². The highest BCUT2D eigenvalue weighted by Crippen LogP contribution is 2.27. The van der Waals surface area contributed by atoms with Crippen molar-refractivity contribution in [1.82, 2.24) is 0 Å². The van der Waals surface area contributed by atoms with E-state index in [1.54, 1.807) is 13.8 Å². The molecule has 1 rings (SSSR count). The van der Waals surface area contributed by atoms with Crippen molar-refractivity contribution in [2.24, 2.45) is 0 Å². The lowest BCUT2D eigenvalue weighted by Gasteiger charge is -2.24. The van der Waals surface area contributed by atoms with Crippen molar-refractivity contribution in [2.75, 3.05) is 7.11 Å². The zero-order valence-electron chi connectivity index (χ0n) is 10.3. The molecule has 0 atom stereocenters. The Kier molecular flexibility index (Phi) is 4.23. The fourth-order valence-corrected chi connectivity index (χ4v) is 1.68. The van der Waals surface area contributed by atoms with Gasteiger partial charge in [-0.15, -0.1) is 0 Å². The fourth-order valence-electron chi connectivity index (χ4n) is 1.68. The minimum Gasteiger partial charge on any atom is -0.496 e. The Morgan fingerprint density at radius 1 is 1.41 bits per heavy atom. The van der Waals surface area contributed by atoms with E-state index in [0.29, 0.717) is 0 Å². The first-order valence-corrected chi connectivity index (χ1v) is 5.59. The molecule has 0 heterocycles. The third-order valence-electron chi connectivity index (χ3n) is 3.00. The highest BCUT2D eigenvalue weighted by molar-refractivity contribution is 6.04. The molecule has 0 spiro atoms. The molecule has 0 saturated heterocycles. The number of hydrogen-bond donors (Lipinski definition) is 1. The second kappa shape index (κ2) is 5.27. The van der Waals surface area contributed by atoms with Gasteiger partial charge in [0.1, 0.15) is 17.2 Å². The lowest BCUT2D eigenvalue weighted by Crippen LogP contribution is -2.37. The lowest BCUT2D eigenvalue weighted by atomic mass is 9.87. The highest BCUT2D eigenvalue weighted by Gasteiger charge is 2.34.